The molecule has 0 spiro atoms. The number of benzene rings is 1. The van der Waals surface area contributed by atoms with E-state index in [1.54, 1.807) is 43.3 Å². The summed E-state index contributed by atoms with van der Waals surface area (Å²) >= 11 is 0. The van der Waals surface area contributed by atoms with Crippen LogP contribution in [0.15, 0.2) is 72.5 Å². The number of hydrogen-bond acceptors (Lipinski definition) is 9. The number of allylic oxidation sites excluding steroid dienone is 3. The van der Waals surface area contributed by atoms with E-state index in [0.29, 0.717) is 60.1 Å². The topological polar surface area (TPSA) is 138 Å². The SMILES string of the molecule is C=C1CC[C@@H](Oc2ccc(C3CC(=O)NS3(=O)=O)cc2)C/C=C\C=C1Oc1ccc(OCCCS(C)(=O)=O)nc1C. The van der Waals surface area contributed by atoms with E-state index in [2.05, 4.69) is 11.6 Å². The van der Waals surface area contributed by atoms with Crippen LogP contribution in [0.2, 0.25) is 0 Å². The van der Waals surface area contributed by atoms with Gasteiger partial charge in [0, 0.05) is 18.7 Å². The maximum Gasteiger partial charge on any atom is 0.242 e. The monoisotopic (exact) mass is 602 g/mol. The lowest BCUT2D eigenvalue weighted by Gasteiger charge is -2.19. The second-order valence-corrected chi connectivity index (χ2v) is 14.2. The number of carbonyl (C=O) groups is 1. The molecule has 2 aromatic rings. The molecule has 41 heavy (non-hydrogen) atoms. The summed E-state index contributed by atoms with van der Waals surface area (Å²) in [5, 5.41) is -0.890. The molecule has 2 heterocycles. The first-order valence-electron chi connectivity index (χ1n) is 13.2. The van der Waals surface area contributed by atoms with Gasteiger partial charge in [-0.25, -0.2) is 21.8 Å². The number of ether oxygens (including phenoxy) is 3. The first kappa shape index (κ1) is 30.3. The van der Waals surface area contributed by atoms with Crippen LogP contribution in [-0.4, -0.2) is 52.4 Å². The molecular weight excluding hydrogens is 568 g/mol. The van der Waals surface area contributed by atoms with E-state index < -0.39 is 31.0 Å². The molecule has 10 nitrogen and oxygen atoms in total. The van der Waals surface area contributed by atoms with Gasteiger partial charge in [-0.2, -0.15) is 0 Å². The standard InChI is InChI=1S/C29H34N2O8S2/c1-20-9-12-23(38-24-13-10-22(11-14-24)27-19-28(32)31-41(27,35)36)7-4-5-8-25(20)39-26-15-16-29(30-21(26)2)37-17-6-18-40(3,33)34/h4-5,8,10-11,13-16,23,27H,1,6-7,9,12,17-19H2,2-3H3,(H,31,32)/b5-4-,25-8?/t23-,27?/m0/s1. The third-order valence-electron chi connectivity index (χ3n) is 6.60. The van der Waals surface area contributed by atoms with Crippen LogP contribution in [0.25, 0.3) is 0 Å². The van der Waals surface area contributed by atoms with Crippen molar-refractivity contribution in [1.82, 2.24) is 9.71 Å². The van der Waals surface area contributed by atoms with Crippen molar-refractivity contribution in [3.8, 4) is 17.4 Å². The van der Waals surface area contributed by atoms with Gasteiger partial charge in [-0.15, -0.1) is 0 Å². The van der Waals surface area contributed by atoms with E-state index in [0.717, 1.165) is 5.57 Å². The van der Waals surface area contributed by atoms with Crippen LogP contribution in [0.3, 0.4) is 0 Å². The predicted octanol–water partition coefficient (Wildman–Crippen LogP) is 4.10. The van der Waals surface area contributed by atoms with E-state index in [4.69, 9.17) is 14.2 Å². The fourth-order valence-corrected chi connectivity index (χ4v) is 6.49. The molecule has 220 valence electrons. The van der Waals surface area contributed by atoms with Gasteiger partial charge in [-0.1, -0.05) is 30.9 Å². The third kappa shape index (κ3) is 8.67. The highest BCUT2D eigenvalue weighted by Crippen LogP contribution is 2.32. The van der Waals surface area contributed by atoms with Crippen molar-refractivity contribution >= 4 is 25.8 Å². The molecule has 0 saturated carbocycles. The van der Waals surface area contributed by atoms with Gasteiger partial charge in [-0.3, -0.25) is 9.52 Å². The van der Waals surface area contributed by atoms with Gasteiger partial charge in [0.2, 0.25) is 21.8 Å². The zero-order valence-corrected chi connectivity index (χ0v) is 24.7. The molecule has 0 bridgehead atoms. The highest BCUT2D eigenvalue weighted by Gasteiger charge is 2.37. The number of aromatic nitrogens is 1. The lowest BCUT2D eigenvalue weighted by molar-refractivity contribution is -0.118. The van der Waals surface area contributed by atoms with Gasteiger partial charge in [0.25, 0.3) is 0 Å². The molecule has 1 aliphatic carbocycles. The van der Waals surface area contributed by atoms with E-state index >= 15 is 0 Å². The summed E-state index contributed by atoms with van der Waals surface area (Å²) in [5.74, 6) is 1.73. The fourth-order valence-electron chi connectivity index (χ4n) is 4.42. The Morgan fingerprint density at radius 2 is 1.90 bits per heavy atom. The molecule has 2 aliphatic rings. The molecule has 1 aliphatic heterocycles. The third-order valence-corrected chi connectivity index (χ3v) is 9.33. The highest BCUT2D eigenvalue weighted by atomic mass is 32.2. The smallest absolute Gasteiger partial charge is 0.242 e. The molecule has 1 N–H and O–H groups in total. The van der Waals surface area contributed by atoms with E-state index in [1.165, 1.54) is 6.26 Å². The molecule has 1 amide bonds. The summed E-state index contributed by atoms with van der Waals surface area (Å²) in [5.41, 5.74) is 1.96. The van der Waals surface area contributed by atoms with Gasteiger partial charge in [0.05, 0.1) is 24.5 Å². The van der Waals surface area contributed by atoms with Gasteiger partial charge in [-0.05, 0) is 61.6 Å². The number of pyridine rings is 1. The second kappa shape index (κ2) is 12.9. The Morgan fingerprint density at radius 3 is 2.56 bits per heavy atom. The number of sulfonamides is 1. The number of nitrogens with one attached hydrogen (secondary N) is 1. The van der Waals surface area contributed by atoms with Crippen molar-refractivity contribution in [2.75, 3.05) is 18.6 Å². The highest BCUT2D eigenvalue weighted by molar-refractivity contribution is 7.91. The molecule has 12 heteroatoms. The largest absolute Gasteiger partial charge is 0.490 e. The van der Waals surface area contributed by atoms with Gasteiger partial charge < -0.3 is 14.2 Å². The van der Waals surface area contributed by atoms with Crippen molar-refractivity contribution in [1.29, 1.82) is 0 Å². The maximum absolute atomic E-state index is 12.1. The Kier molecular flexibility index (Phi) is 9.54. The number of hydrogen-bond donors (Lipinski definition) is 1. The summed E-state index contributed by atoms with van der Waals surface area (Å²) < 4.78 is 66.7. The van der Waals surface area contributed by atoms with E-state index in [-0.39, 0.29) is 24.9 Å². The predicted molar refractivity (Wildman–Crippen MR) is 155 cm³/mol. The molecule has 1 saturated heterocycles. The van der Waals surface area contributed by atoms with Crippen LogP contribution in [0.4, 0.5) is 0 Å². The van der Waals surface area contributed by atoms with Crippen LogP contribution in [-0.2, 0) is 24.7 Å². The number of sulfone groups is 1. The minimum Gasteiger partial charge on any atom is -0.490 e. The first-order valence-corrected chi connectivity index (χ1v) is 16.8. The minimum atomic E-state index is -3.70. The minimum absolute atomic E-state index is 0.0586. The zero-order valence-electron chi connectivity index (χ0n) is 23.0. The number of amides is 1. The fraction of sp³-hybridized carbons (Fsp3) is 0.379. The number of carbonyl (C=O) groups excluding carboxylic acids is 1. The molecule has 0 radical (unpaired) electrons. The van der Waals surface area contributed by atoms with Crippen LogP contribution in [0.1, 0.15) is 48.6 Å². The average Bonchev–Trinajstić information content (AvgIpc) is 3.22. The zero-order chi connectivity index (χ0) is 29.6. The Labute approximate surface area is 241 Å². The average molecular weight is 603 g/mol. The molecule has 1 unspecified atom stereocenters. The quantitative estimate of drug-likeness (QED) is 0.398. The molecule has 4 rings (SSSR count). The molecule has 1 aromatic carbocycles. The number of nitrogens with zero attached hydrogens (tertiary/aromatic N) is 1. The summed E-state index contributed by atoms with van der Waals surface area (Å²) in [6.07, 6.45) is 9.05. The first-order chi connectivity index (χ1) is 19.4. The Bertz CT molecular complexity index is 1560. The second-order valence-electron chi connectivity index (χ2n) is 10.1. The molecule has 1 aromatic heterocycles. The van der Waals surface area contributed by atoms with Crippen molar-refractivity contribution in [3.63, 3.8) is 0 Å². The summed E-state index contributed by atoms with van der Waals surface area (Å²) in [7, 11) is -6.73. The van der Waals surface area contributed by atoms with Crippen LogP contribution >= 0.6 is 0 Å². The van der Waals surface area contributed by atoms with Crippen molar-refractivity contribution in [3.05, 3.63) is 83.8 Å². The Balaban J connectivity index is 1.31. The van der Waals surface area contributed by atoms with Gasteiger partial charge >= 0.3 is 0 Å². The lowest BCUT2D eigenvalue weighted by Crippen LogP contribution is -2.21. The van der Waals surface area contributed by atoms with E-state index in [9.17, 15) is 21.6 Å². The van der Waals surface area contributed by atoms with E-state index in [1.807, 2.05) is 23.0 Å². The van der Waals surface area contributed by atoms with Crippen molar-refractivity contribution < 1.29 is 35.8 Å². The summed E-state index contributed by atoms with van der Waals surface area (Å²) in [4.78, 5) is 16.0. The van der Waals surface area contributed by atoms with Crippen molar-refractivity contribution in [2.24, 2.45) is 0 Å². The van der Waals surface area contributed by atoms with Crippen LogP contribution < -0.4 is 18.9 Å². The molecule has 2 atom stereocenters. The normalized spacial score (nSPS) is 21.6. The van der Waals surface area contributed by atoms with Gasteiger partial charge in [0.15, 0.2) is 0 Å². The summed E-state index contributed by atoms with van der Waals surface area (Å²) in [6.45, 7) is 6.26. The van der Waals surface area contributed by atoms with Crippen LogP contribution in [0, 0.1) is 6.92 Å². The van der Waals surface area contributed by atoms with Crippen molar-refractivity contribution in [2.45, 2.75) is 50.4 Å². The molecular formula is C29H34N2O8S2. The number of rotatable bonds is 10. The van der Waals surface area contributed by atoms with Crippen LogP contribution in [0.5, 0.6) is 17.4 Å². The summed E-state index contributed by atoms with van der Waals surface area (Å²) in [6, 6.07) is 10.2. The number of aryl methyl sites for hydroxylation is 1. The lowest BCUT2D eigenvalue weighted by atomic mass is 10.1. The maximum atomic E-state index is 12.1. The molecule has 1 fully saturated rings. The van der Waals surface area contributed by atoms with Gasteiger partial charge in [0.1, 0.15) is 38.4 Å². The Hall–Kier alpha value is -3.64. The Morgan fingerprint density at radius 1 is 1.15 bits per heavy atom.